The maximum Gasteiger partial charge on any atom is 0.240 e. The zero-order chi connectivity index (χ0) is 20.7. The van der Waals surface area contributed by atoms with Gasteiger partial charge in [-0.05, 0) is 25.3 Å². The number of hydrogen-bond acceptors (Lipinski definition) is 4. The zero-order valence-corrected chi connectivity index (χ0v) is 17.9. The molecular weight excluding hydrogens is 360 g/mol. The van der Waals surface area contributed by atoms with Crippen LogP contribution in [0.25, 0.3) is 6.08 Å². The first-order chi connectivity index (χ1) is 14.1. The number of piperazine rings is 1. The van der Waals surface area contributed by atoms with E-state index < -0.39 is 5.54 Å². The number of likely N-dealkylation sites (N-methyl/N-ethyl adjacent to an activating group) is 1. The van der Waals surface area contributed by atoms with E-state index in [2.05, 4.69) is 52.3 Å². The van der Waals surface area contributed by atoms with Crippen LogP contribution in [-0.4, -0.2) is 72.0 Å². The number of nitrogens with zero attached hydrogens (tertiary/aromatic N) is 4. The van der Waals surface area contributed by atoms with E-state index in [1.807, 2.05) is 20.0 Å². The highest BCUT2D eigenvalue weighted by molar-refractivity contribution is 5.82. The molecule has 0 radical (unpaired) electrons. The van der Waals surface area contributed by atoms with Crippen LogP contribution >= 0.6 is 0 Å². The van der Waals surface area contributed by atoms with Crippen LogP contribution in [0.5, 0.6) is 0 Å². The van der Waals surface area contributed by atoms with E-state index in [-0.39, 0.29) is 11.9 Å². The molecule has 1 aliphatic carbocycles. The molecule has 0 unspecified atom stereocenters. The van der Waals surface area contributed by atoms with Crippen molar-refractivity contribution >= 4 is 12.0 Å². The van der Waals surface area contributed by atoms with Crippen LogP contribution in [0.2, 0.25) is 0 Å². The molecule has 3 rings (SSSR count). The minimum atomic E-state index is -0.604. The first-order valence-corrected chi connectivity index (χ1v) is 10.9. The van der Waals surface area contributed by atoms with Crippen LogP contribution in [0.3, 0.4) is 0 Å². The number of hydrogen-bond donors (Lipinski definition) is 0. The van der Waals surface area contributed by atoms with Crippen LogP contribution < -0.4 is 0 Å². The highest BCUT2D eigenvalue weighted by Gasteiger charge is 2.41. The number of carbonyl (C=O) groups is 1. The van der Waals surface area contributed by atoms with Crippen molar-refractivity contribution in [2.45, 2.75) is 50.6 Å². The molecule has 1 saturated heterocycles. The summed E-state index contributed by atoms with van der Waals surface area (Å²) in [5, 5.41) is 9.78. The largest absolute Gasteiger partial charge is 0.326 e. The maximum absolute atomic E-state index is 13.1. The molecule has 0 bridgehead atoms. The smallest absolute Gasteiger partial charge is 0.240 e. The Balaban J connectivity index is 1.49. The van der Waals surface area contributed by atoms with E-state index >= 15 is 0 Å². The van der Waals surface area contributed by atoms with E-state index in [9.17, 15) is 10.1 Å². The summed E-state index contributed by atoms with van der Waals surface area (Å²) in [5.74, 6) is 0.0888. The van der Waals surface area contributed by atoms with Crippen molar-refractivity contribution in [3.8, 4) is 6.07 Å². The van der Waals surface area contributed by atoms with Crippen molar-refractivity contribution in [1.29, 1.82) is 5.26 Å². The second-order valence-electron chi connectivity index (χ2n) is 8.43. The average Bonchev–Trinajstić information content (AvgIpc) is 2.79. The number of nitriles is 1. The number of carbonyl (C=O) groups excluding carboxylic acids is 1. The van der Waals surface area contributed by atoms with E-state index in [4.69, 9.17) is 0 Å². The third-order valence-electron chi connectivity index (χ3n) is 6.65. The predicted octanol–water partition coefficient (Wildman–Crippen LogP) is 3.39. The summed E-state index contributed by atoms with van der Waals surface area (Å²) < 4.78 is 0. The minimum Gasteiger partial charge on any atom is -0.326 e. The predicted molar refractivity (Wildman–Crippen MR) is 117 cm³/mol. The lowest BCUT2D eigenvalue weighted by molar-refractivity contribution is -0.140. The van der Waals surface area contributed by atoms with Crippen LogP contribution in [0.1, 0.15) is 44.6 Å². The molecule has 1 atom stereocenters. The Morgan fingerprint density at radius 2 is 1.83 bits per heavy atom. The quantitative estimate of drug-likeness (QED) is 0.742. The van der Waals surface area contributed by atoms with Gasteiger partial charge in [0.05, 0.1) is 12.1 Å². The van der Waals surface area contributed by atoms with Crippen molar-refractivity contribution in [2.75, 3.05) is 39.8 Å². The molecule has 0 N–H and O–H groups in total. The van der Waals surface area contributed by atoms with Crippen molar-refractivity contribution < 1.29 is 4.79 Å². The Hall–Kier alpha value is -2.16. The molecular formula is C24H34N4O. The fourth-order valence-electron chi connectivity index (χ4n) is 4.54. The lowest BCUT2D eigenvalue weighted by atomic mass is 9.81. The molecule has 1 saturated carbocycles. The Morgan fingerprint density at radius 1 is 1.17 bits per heavy atom. The lowest BCUT2D eigenvalue weighted by Crippen LogP contribution is -2.58. The first-order valence-electron chi connectivity index (χ1n) is 10.9. The van der Waals surface area contributed by atoms with Gasteiger partial charge in [-0.15, -0.1) is 0 Å². The molecule has 1 aromatic rings. The number of rotatable bonds is 6. The Morgan fingerprint density at radius 3 is 2.45 bits per heavy atom. The van der Waals surface area contributed by atoms with Gasteiger partial charge in [0.15, 0.2) is 0 Å². The highest BCUT2D eigenvalue weighted by atomic mass is 16.2. The molecule has 2 fully saturated rings. The van der Waals surface area contributed by atoms with Gasteiger partial charge >= 0.3 is 0 Å². The normalized spacial score (nSPS) is 21.6. The molecule has 156 valence electrons. The summed E-state index contributed by atoms with van der Waals surface area (Å²) in [6.45, 7) is 6.63. The van der Waals surface area contributed by atoms with Crippen molar-refractivity contribution in [1.82, 2.24) is 14.7 Å². The Labute approximate surface area is 175 Å². The average molecular weight is 395 g/mol. The molecule has 1 aromatic carbocycles. The molecule has 5 nitrogen and oxygen atoms in total. The summed E-state index contributed by atoms with van der Waals surface area (Å²) in [5.41, 5.74) is 0.621. The van der Waals surface area contributed by atoms with Crippen molar-refractivity contribution in [2.24, 2.45) is 0 Å². The van der Waals surface area contributed by atoms with Crippen molar-refractivity contribution in [3.05, 3.63) is 42.0 Å². The Kier molecular flexibility index (Phi) is 7.46. The molecule has 1 heterocycles. The molecule has 0 spiro atoms. The molecule has 1 aliphatic heterocycles. The summed E-state index contributed by atoms with van der Waals surface area (Å²) in [6, 6.07) is 12.7. The fraction of sp³-hybridized carbons (Fsp3) is 0.583. The van der Waals surface area contributed by atoms with Crippen LogP contribution in [-0.2, 0) is 4.79 Å². The lowest BCUT2D eigenvalue weighted by Gasteiger charge is -2.43. The van der Waals surface area contributed by atoms with Gasteiger partial charge in [0.2, 0.25) is 5.91 Å². The SMILES string of the molecule is C[C@H](C(=O)N(C)C1(C#N)CCCCC1)N1CCN(C/C=C/c2ccccc2)CC1. The third kappa shape index (κ3) is 5.26. The third-order valence-corrected chi connectivity index (χ3v) is 6.65. The fourth-order valence-corrected chi connectivity index (χ4v) is 4.54. The molecule has 0 aromatic heterocycles. The van der Waals surface area contributed by atoms with Gasteiger partial charge in [-0.2, -0.15) is 5.26 Å². The molecule has 29 heavy (non-hydrogen) atoms. The number of benzene rings is 1. The van der Waals surface area contributed by atoms with Gasteiger partial charge in [0.25, 0.3) is 0 Å². The van der Waals surface area contributed by atoms with Gasteiger partial charge in [-0.1, -0.05) is 61.7 Å². The summed E-state index contributed by atoms with van der Waals surface area (Å²) in [6.07, 6.45) is 9.23. The zero-order valence-electron chi connectivity index (χ0n) is 17.9. The van der Waals surface area contributed by atoms with Gasteiger partial charge in [0.1, 0.15) is 5.54 Å². The topological polar surface area (TPSA) is 50.6 Å². The second-order valence-corrected chi connectivity index (χ2v) is 8.43. The minimum absolute atomic E-state index is 0.0888. The second kappa shape index (κ2) is 10.0. The maximum atomic E-state index is 13.1. The first kappa shape index (κ1) is 21.5. The summed E-state index contributed by atoms with van der Waals surface area (Å²) >= 11 is 0. The van der Waals surface area contributed by atoms with Gasteiger partial charge in [0, 0.05) is 39.8 Å². The van der Waals surface area contributed by atoms with Crippen LogP contribution in [0, 0.1) is 11.3 Å². The molecule has 1 amide bonds. The monoisotopic (exact) mass is 394 g/mol. The van der Waals surface area contributed by atoms with E-state index in [1.165, 1.54) is 12.0 Å². The number of amides is 1. The van der Waals surface area contributed by atoms with E-state index in [0.29, 0.717) is 0 Å². The van der Waals surface area contributed by atoms with Crippen LogP contribution in [0.4, 0.5) is 0 Å². The standard InChI is InChI=1S/C24H34N4O/c1-21(23(29)26(2)24(20-25)13-7-4-8-14-24)28-18-16-27(17-19-28)15-9-12-22-10-5-3-6-11-22/h3,5-6,9-12,21H,4,7-8,13-19H2,1-2H3/b12-9+/t21-/m1/s1. The van der Waals surface area contributed by atoms with E-state index in [1.54, 1.807) is 4.90 Å². The Bertz CT molecular complexity index is 725. The highest BCUT2D eigenvalue weighted by Crippen LogP contribution is 2.33. The molecule has 2 aliphatic rings. The summed E-state index contributed by atoms with van der Waals surface area (Å²) in [7, 11) is 1.83. The van der Waals surface area contributed by atoms with Gasteiger partial charge < -0.3 is 4.90 Å². The van der Waals surface area contributed by atoms with Gasteiger partial charge in [-0.25, -0.2) is 0 Å². The van der Waals surface area contributed by atoms with Crippen LogP contribution in [0.15, 0.2) is 36.4 Å². The summed E-state index contributed by atoms with van der Waals surface area (Å²) in [4.78, 5) is 19.6. The van der Waals surface area contributed by atoms with Crippen molar-refractivity contribution in [3.63, 3.8) is 0 Å². The van der Waals surface area contributed by atoms with Gasteiger partial charge in [-0.3, -0.25) is 14.6 Å². The molecule has 5 heteroatoms. The van der Waals surface area contributed by atoms with E-state index in [0.717, 1.165) is 58.4 Å².